The second-order valence-corrected chi connectivity index (χ2v) is 4.47. The summed E-state index contributed by atoms with van der Waals surface area (Å²) < 4.78 is 0. The van der Waals surface area contributed by atoms with Gasteiger partial charge in [0.2, 0.25) is 0 Å². The molecule has 0 saturated carbocycles. The second kappa shape index (κ2) is 5.58. The van der Waals surface area contributed by atoms with Gasteiger partial charge in [-0.15, -0.1) is 0 Å². The number of hydrogen-bond acceptors (Lipinski definition) is 1. The molecule has 0 aliphatic heterocycles. The lowest BCUT2D eigenvalue weighted by Gasteiger charge is -2.22. The molecule has 0 aromatic rings. The van der Waals surface area contributed by atoms with E-state index in [1.807, 2.05) is 6.92 Å². The molecule has 0 aliphatic rings. The van der Waals surface area contributed by atoms with E-state index in [1.54, 1.807) is 0 Å². The van der Waals surface area contributed by atoms with E-state index in [9.17, 15) is 5.11 Å². The van der Waals surface area contributed by atoms with Crippen LogP contribution in [0.5, 0.6) is 0 Å². The molecule has 1 N–H and O–H groups in total. The van der Waals surface area contributed by atoms with Gasteiger partial charge >= 0.3 is 0 Å². The van der Waals surface area contributed by atoms with Gasteiger partial charge in [-0.1, -0.05) is 40.5 Å². The molecule has 1 atom stereocenters. The number of aliphatic hydroxyl groups excluding tert-OH is 1. The number of rotatable bonds is 6. The van der Waals surface area contributed by atoms with Crippen LogP contribution in [0.25, 0.3) is 0 Å². The lowest BCUT2D eigenvalue weighted by molar-refractivity contribution is 0.150. The third kappa shape index (κ3) is 5.59. The highest BCUT2D eigenvalue weighted by atomic mass is 16.3. The zero-order chi connectivity index (χ0) is 9.61. The van der Waals surface area contributed by atoms with Crippen LogP contribution in [0.2, 0.25) is 0 Å². The molecule has 0 bridgehead atoms. The summed E-state index contributed by atoms with van der Waals surface area (Å²) in [5.41, 5.74) is 0.466. The number of aliphatic hydroxyl groups is 1. The zero-order valence-corrected chi connectivity index (χ0v) is 9.06. The van der Waals surface area contributed by atoms with Crippen molar-refractivity contribution in [2.75, 3.05) is 0 Å². The van der Waals surface area contributed by atoms with Crippen LogP contribution in [-0.4, -0.2) is 11.2 Å². The van der Waals surface area contributed by atoms with Crippen LogP contribution >= 0.6 is 0 Å². The molecule has 0 rings (SSSR count). The van der Waals surface area contributed by atoms with Crippen LogP contribution in [0, 0.1) is 5.41 Å². The van der Waals surface area contributed by atoms with Crippen molar-refractivity contribution < 1.29 is 5.11 Å². The zero-order valence-electron chi connectivity index (χ0n) is 9.06. The summed E-state index contributed by atoms with van der Waals surface area (Å²) in [6, 6.07) is 0. The van der Waals surface area contributed by atoms with Crippen molar-refractivity contribution in [3.05, 3.63) is 0 Å². The van der Waals surface area contributed by atoms with E-state index in [1.165, 1.54) is 12.8 Å². The summed E-state index contributed by atoms with van der Waals surface area (Å²) in [6.07, 6.45) is 5.43. The van der Waals surface area contributed by atoms with Crippen molar-refractivity contribution >= 4 is 0 Å². The third-order valence-electron chi connectivity index (χ3n) is 2.82. The highest BCUT2D eigenvalue weighted by molar-refractivity contribution is 4.67. The van der Waals surface area contributed by atoms with Crippen molar-refractivity contribution in [3.63, 3.8) is 0 Å². The van der Waals surface area contributed by atoms with Crippen molar-refractivity contribution in [3.8, 4) is 0 Å². The fraction of sp³-hybridized carbons (Fsp3) is 1.00. The second-order valence-electron chi connectivity index (χ2n) is 4.47. The Morgan fingerprint density at radius 1 is 1.25 bits per heavy atom. The van der Waals surface area contributed by atoms with E-state index in [-0.39, 0.29) is 6.10 Å². The van der Waals surface area contributed by atoms with Gasteiger partial charge in [0.05, 0.1) is 6.10 Å². The van der Waals surface area contributed by atoms with E-state index in [0.717, 1.165) is 19.3 Å². The molecule has 0 aromatic carbocycles. The standard InChI is InChI=1S/C11H24O/c1-5-10(12)8-7-9-11(3,4)6-2/h10,12H,5-9H2,1-4H3. The molecule has 0 spiro atoms. The minimum absolute atomic E-state index is 0.0716. The first kappa shape index (κ1) is 12.0. The molecule has 12 heavy (non-hydrogen) atoms. The molecule has 0 aromatic heterocycles. The molecular formula is C11H24O. The first-order valence-electron chi connectivity index (χ1n) is 5.20. The topological polar surface area (TPSA) is 20.2 Å². The summed E-state index contributed by atoms with van der Waals surface area (Å²) in [7, 11) is 0. The third-order valence-corrected chi connectivity index (χ3v) is 2.82. The molecule has 0 fully saturated rings. The quantitative estimate of drug-likeness (QED) is 0.651. The van der Waals surface area contributed by atoms with Crippen LogP contribution in [0.4, 0.5) is 0 Å². The van der Waals surface area contributed by atoms with E-state index < -0.39 is 0 Å². The van der Waals surface area contributed by atoms with Gasteiger partial charge in [-0.3, -0.25) is 0 Å². The predicted octanol–water partition coefficient (Wildman–Crippen LogP) is 3.36. The van der Waals surface area contributed by atoms with Crippen molar-refractivity contribution in [2.24, 2.45) is 5.41 Å². The highest BCUT2D eigenvalue weighted by Crippen LogP contribution is 2.27. The Morgan fingerprint density at radius 2 is 1.83 bits per heavy atom. The molecule has 0 saturated heterocycles. The molecule has 0 aliphatic carbocycles. The maximum absolute atomic E-state index is 9.33. The van der Waals surface area contributed by atoms with Crippen molar-refractivity contribution in [1.29, 1.82) is 0 Å². The van der Waals surface area contributed by atoms with Gasteiger partial charge in [-0.25, -0.2) is 0 Å². The van der Waals surface area contributed by atoms with Gasteiger partial charge in [0.1, 0.15) is 0 Å². The molecule has 1 heteroatoms. The van der Waals surface area contributed by atoms with Crippen LogP contribution in [0.15, 0.2) is 0 Å². The molecular weight excluding hydrogens is 148 g/mol. The Bertz CT molecular complexity index is 108. The van der Waals surface area contributed by atoms with Gasteiger partial charge in [0.15, 0.2) is 0 Å². The smallest absolute Gasteiger partial charge is 0.0537 e. The first-order chi connectivity index (χ1) is 5.52. The fourth-order valence-electron chi connectivity index (χ4n) is 1.20. The van der Waals surface area contributed by atoms with E-state index in [4.69, 9.17) is 0 Å². The van der Waals surface area contributed by atoms with Gasteiger partial charge in [0, 0.05) is 0 Å². The summed E-state index contributed by atoms with van der Waals surface area (Å²) >= 11 is 0. The Kier molecular flexibility index (Phi) is 5.56. The Morgan fingerprint density at radius 3 is 2.25 bits per heavy atom. The Hall–Kier alpha value is -0.0400. The number of hydrogen-bond donors (Lipinski definition) is 1. The summed E-state index contributed by atoms with van der Waals surface area (Å²) in [4.78, 5) is 0. The monoisotopic (exact) mass is 172 g/mol. The van der Waals surface area contributed by atoms with Crippen LogP contribution in [-0.2, 0) is 0 Å². The molecule has 1 nitrogen and oxygen atoms in total. The Labute approximate surface area is 77.2 Å². The van der Waals surface area contributed by atoms with Crippen molar-refractivity contribution in [1.82, 2.24) is 0 Å². The first-order valence-corrected chi connectivity index (χ1v) is 5.20. The summed E-state index contributed by atoms with van der Waals surface area (Å²) in [5, 5.41) is 9.33. The molecule has 74 valence electrons. The predicted molar refractivity (Wildman–Crippen MR) is 54.2 cm³/mol. The highest BCUT2D eigenvalue weighted by Gasteiger charge is 2.14. The lowest BCUT2D eigenvalue weighted by atomic mass is 9.84. The van der Waals surface area contributed by atoms with E-state index in [0.29, 0.717) is 5.41 Å². The largest absolute Gasteiger partial charge is 0.393 e. The molecule has 0 radical (unpaired) electrons. The molecule has 0 heterocycles. The maximum atomic E-state index is 9.33. The van der Waals surface area contributed by atoms with Crippen LogP contribution in [0.3, 0.4) is 0 Å². The van der Waals surface area contributed by atoms with Gasteiger partial charge in [0.25, 0.3) is 0 Å². The maximum Gasteiger partial charge on any atom is 0.0537 e. The fourth-order valence-corrected chi connectivity index (χ4v) is 1.20. The minimum atomic E-state index is -0.0716. The molecule has 1 unspecified atom stereocenters. The van der Waals surface area contributed by atoms with E-state index >= 15 is 0 Å². The molecule has 0 amide bonds. The normalized spacial score (nSPS) is 14.8. The minimum Gasteiger partial charge on any atom is -0.393 e. The SMILES string of the molecule is CCC(O)CCCC(C)(C)CC. The van der Waals surface area contributed by atoms with Crippen LogP contribution in [0.1, 0.15) is 59.8 Å². The summed E-state index contributed by atoms with van der Waals surface area (Å²) in [5.74, 6) is 0. The van der Waals surface area contributed by atoms with Crippen molar-refractivity contribution in [2.45, 2.75) is 65.9 Å². The summed E-state index contributed by atoms with van der Waals surface area (Å²) in [6.45, 7) is 8.86. The lowest BCUT2D eigenvalue weighted by Crippen LogP contribution is -2.11. The van der Waals surface area contributed by atoms with Gasteiger partial charge in [-0.2, -0.15) is 0 Å². The van der Waals surface area contributed by atoms with Gasteiger partial charge < -0.3 is 5.11 Å². The van der Waals surface area contributed by atoms with Crippen LogP contribution < -0.4 is 0 Å². The Balaban J connectivity index is 3.42. The average molecular weight is 172 g/mol. The average Bonchev–Trinajstić information content (AvgIpc) is 2.04. The van der Waals surface area contributed by atoms with E-state index in [2.05, 4.69) is 20.8 Å². The van der Waals surface area contributed by atoms with Gasteiger partial charge in [-0.05, 0) is 24.7 Å².